The lowest BCUT2D eigenvalue weighted by molar-refractivity contribution is -0.115. The summed E-state index contributed by atoms with van der Waals surface area (Å²) < 4.78 is 44.8. The normalized spacial score (nSPS) is 12.0. The third kappa shape index (κ3) is 3.12. The molecule has 0 aliphatic carbocycles. The second-order valence-corrected chi connectivity index (χ2v) is 6.21. The van der Waals surface area contributed by atoms with Crippen molar-refractivity contribution in [1.29, 1.82) is 0 Å². The molecule has 0 saturated carbocycles. The largest absolute Gasteiger partial charge is 0.463 e. The van der Waals surface area contributed by atoms with Crippen molar-refractivity contribution in [3.05, 3.63) is 64.2 Å². The number of furan rings is 1. The molecule has 2 aromatic heterocycles. The van der Waals surface area contributed by atoms with E-state index in [1.165, 1.54) is 16.9 Å². The molecule has 2 aromatic carbocycles. The fraction of sp³-hybridized carbons (Fsp3) is 0.111. The van der Waals surface area contributed by atoms with Crippen molar-refractivity contribution in [1.82, 2.24) is 9.55 Å². The van der Waals surface area contributed by atoms with Crippen LogP contribution in [0.15, 0.2) is 57.9 Å². The summed E-state index contributed by atoms with van der Waals surface area (Å²) in [6.45, 7) is -1.34. The van der Waals surface area contributed by atoms with Crippen molar-refractivity contribution < 1.29 is 17.6 Å². The molecule has 0 aliphatic heterocycles. The van der Waals surface area contributed by atoms with E-state index in [2.05, 4.69) is 10.3 Å². The first-order valence-corrected chi connectivity index (χ1v) is 8.21. The number of para-hydroxylation sites is 1. The van der Waals surface area contributed by atoms with E-state index in [1.807, 2.05) is 0 Å². The number of fused-ring (bicyclic) bond motifs is 3. The number of nitrogens with one attached hydrogen (secondary N) is 1. The number of benzene rings is 2. The van der Waals surface area contributed by atoms with E-state index in [-0.39, 0.29) is 16.8 Å². The van der Waals surface area contributed by atoms with Crippen LogP contribution in [0.4, 0.5) is 19.0 Å². The van der Waals surface area contributed by atoms with E-state index in [4.69, 9.17) is 16.0 Å². The predicted molar refractivity (Wildman–Crippen MR) is 96.7 cm³/mol. The highest BCUT2D eigenvalue weighted by Crippen LogP contribution is 2.36. The molecule has 1 N–H and O–H groups in total. The minimum absolute atomic E-state index is 0.212. The minimum atomic E-state index is -4.48. The number of aromatic nitrogens is 2. The fourth-order valence-corrected chi connectivity index (χ4v) is 3.18. The van der Waals surface area contributed by atoms with Gasteiger partial charge in [0.15, 0.2) is 0 Å². The van der Waals surface area contributed by atoms with Crippen LogP contribution in [-0.4, -0.2) is 22.3 Å². The van der Waals surface area contributed by atoms with Crippen LogP contribution in [0.25, 0.3) is 27.6 Å². The number of hydrogen-bond donors (Lipinski definition) is 1. The molecule has 0 radical (unpaired) electrons. The van der Waals surface area contributed by atoms with Gasteiger partial charge in [-0.1, -0.05) is 29.8 Å². The van der Waals surface area contributed by atoms with Gasteiger partial charge in [-0.2, -0.15) is 18.2 Å². The first-order chi connectivity index (χ1) is 12.8. The fourth-order valence-electron chi connectivity index (χ4n) is 2.93. The Morgan fingerprint density at radius 1 is 1.19 bits per heavy atom. The highest BCUT2D eigenvalue weighted by Gasteiger charge is 2.28. The van der Waals surface area contributed by atoms with Crippen LogP contribution in [0.3, 0.4) is 0 Å². The molecule has 5 nitrogen and oxygen atoms in total. The van der Waals surface area contributed by atoms with E-state index in [9.17, 15) is 18.0 Å². The van der Waals surface area contributed by atoms with Crippen LogP contribution in [0.5, 0.6) is 0 Å². The van der Waals surface area contributed by atoms with Crippen molar-refractivity contribution in [2.75, 3.05) is 11.9 Å². The highest BCUT2D eigenvalue weighted by molar-refractivity contribution is 6.37. The van der Waals surface area contributed by atoms with Crippen LogP contribution >= 0.6 is 11.6 Å². The number of rotatable bonds is 3. The van der Waals surface area contributed by atoms with Gasteiger partial charge in [0.25, 0.3) is 0 Å². The molecule has 0 aliphatic rings. The summed E-state index contributed by atoms with van der Waals surface area (Å²) in [5, 5.41) is 3.26. The molecular formula is C18H11ClF3N3O2. The van der Waals surface area contributed by atoms with Crippen molar-refractivity contribution in [2.45, 2.75) is 6.18 Å². The van der Waals surface area contributed by atoms with Crippen LogP contribution in [-0.2, 0) is 0 Å². The van der Waals surface area contributed by atoms with Gasteiger partial charge < -0.3 is 9.73 Å². The molecule has 0 fully saturated rings. The quantitative estimate of drug-likeness (QED) is 0.545. The molecule has 2 heterocycles. The molecule has 27 heavy (non-hydrogen) atoms. The Balaban J connectivity index is 2.08. The van der Waals surface area contributed by atoms with Crippen LogP contribution in [0.2, 0.25) is 5.02 Å². The SMILES string of the molecule is O=c1nc(NCC(F)(F)F)c2c3occc3c(Cl)cc2n1-c1ccccc1. The van der Waals surface area contributed by atoms with Gasteiger partial charge >= 0.3 is 11.9 Å². The lowest BCUT2D eigenvalue weighted by Gasteiger charge is -2.15. The Morgan fingerprint density at radius 3 is 2.63 bits per heavy atom. The van der Waals surface area contributed by atoms with Gasteiger partial charge in [-0.15, -0.1) is 0 Å². The van der Waals surface area contributed by atoms with Gasteiger partial charge in [0.2, 0.25) is 0 Å². The number of nitrogens with zero attached hydrogens (tertiary/aromatic N) is 2. The molecule has 0 bridgehead atoms. The van der Waals surface area contributed by atoms with Crippen molar-refractivity contribution >= 4 is 39.3 Å². The minimum Gasteiger partial charge on any atom is -0.463 e. The molecule has 138 valence electrons. The van der Waals surface area contributed by atoms with E-state index >= 15 is 0 Å². The van der Waals surface area contributed by atoms with Gasteiger partial charge in [-0.3, -0.25) is 4.57 Å². The third-order valence-electron chi connectivity index (χ3n) is 4.02. The third-order valence-corrected chi connectivity index (χ3v) is 4.33. The Bertz CT molecular complexity index is 1200. The Kier molecular flexibility index (Phi) is 4.07. The average molecular weight is 394 g/mol. The zero-order valence-electron chi connectivity index (χ0n) is 13.5. The first-order valence-electron chi connectivity index (χ1n) is 7.84. The maximum atomic E-state index is 12.7. The molecule has 4 aromatic rings. The number of hydrogen-bond acceptors (Lipinski definition) is 4. The predicted octanol–water partition coefficient (Wildman–Crippen LogP) is 4.76. The first kappa shape index (κ1) is 17.4. The second-order valence-electron chi connectivity index (χ2n) is 5.80. The maximum absolute atomic E-state index is 12.7. The molecule has 9 heteroatoms. The summed E-state index contributed by atoms with van der Waals surface area (Å²) in [4.78, 5) is 16.5. The lowest BCUT2D eigenvalue weighted by Crippen LogP contribution is -2.27. The summed E-state index contributed by atoms with van der Waals surface area (Å²) >= 11 is 6.29. The maximum Gasteiger partial charge on any atom is 0.405 e. The van der Waals surface area contributed by atoms with Crippen molar-refractivity contribution in [2.24, 2.45) is 0 Å². The summed E-state index contributed by atoms with van der Waals surface area (Å²) in [6.07, 6.45) is -3.10. The van der Waals surface area contributed by atoms with E-state index in [0.717, 1.165) is 0 Å². The summed E-state index contributed by atoms with van der Waals surface area (Å²) in [5.74, 6) is -0.212. The van der Waals surface area contributed by atoms with E-state index in [1.54, 1.807) is 36.4 Å². The van der Waals surface area contributed by atoms with Crippen molar-refractivity contribution in [3.63, 3.8) is 0 Å². The highest BCUT2D eigenvalue weighted by atomic mass is 35.5. The van der Waals surface area contributed by atoms with E-state index in [0.29, 0.717) is 21.6 Å². The topological polar surface area (TPSA) is 60.1 Å². The molecule has 0 spiro atoms. The van der Waals surface area contributed by atoms with Gasteiger partial charge in [0, 0.05) is 5.39 Å². The zero-order chi connectivity index (χ0) is 19.2. The van der Waals surface area contributed by atoms with Crippen LogP contribution in [0, 0.1) is 0 Å². The second kappa shape index (κ2) is 6.31. The van der Waals surface area contributed by atoms with Crippen molar-refractivity contribution in [3.8, 4) is 5.69 Å². The van der Waals surface area contributed by atoms with Crippen LogP contribution < -0.4 is 11.0 Å². The smallest absolute Gasteiger partial charge is 0.405 e. The molecular weight excluding hydrogens is 383 g/mol. The van der Waals surface area contributed by atoms with E-state index < -0.39 is 18.4 Å². The van der Waals surface area contributed by atoms with Gasteiger partial charge in [-0.25, -0.2) is 4.79 Å². The van der Waals surface area contributed by atoms with Gasteiger partial charge in [-0.05, 0) is 24.3 Å². The molecule has 0 atom stereocenters. The molecule has 4 rings (SSSR count). The van der Waals surface area contributed by atoms with Gasteiger partial charge in [0.1, 0.15) is 17.9 Å². The molecule has 0 saturated heterocycles. The standard InChI is InChI=1S/C18H11ClF3N3O2/c19-12-8-13-14(15-11(12)6-7-27-15)16(23-9-18(20,21)22)24-17(26)25(13)10-4-2-1-3-5-10/h1-8H,9H2,(H,23,24,26). The lowest BCUT2D eigenvalue weighted by atomic mass is 10.1. The number of halogens is 4. The molecule has 0 unspecified atom stereocenters. The number of alkyl halides is 3. The number of anilines is 1. The summed E-state index contributed by atoms with van der Waals surface area (Å²) in [7, 11) is 0. The van der Waals surface area contributed by atoms with Gasteiger partial charge in [0.05, 0.1) is 27.9 Å². The van der Waals surface area contributed by atoms with Crippen LogP contribution in [0.1, 0.15) is 0 Å². The Morgan fingerprint density at radius 2 is 1.93 bits per heavy atom. The zero-order valence-corrected chi connectivity index (χ0v) is 14.3. The summed E-state index contributed by atoms with van der Waals surface area (Å²) in [6, 6.07) is 11.7. The summed E-state index contributed by atoms with van der Waals surface area (Å²) in [5.41, 5.74) is 0.308. The Labute approximate surface area is 155 Å². The molecule has 0 amide bonds. The monoisotopic (exact) mass is 393 g/mol. The average Bonchev–Trinajstić information content (AvgIpc) is 3.10. The Hall–Kier alpha value is -3.00.